The number of aryl methyl sites for hydroxylation is 1. The van der Waals surface area contributed by atoms with Gasteiger partial charge >= 0.3 is 0 Å². The molecule has 1 saturated carbocycles. The minimum Gasteiger partial charge on any atom is -0.339 e. The zero-order valence-corrected chi connectivity index (χ0v) is 8.57. The quantitative estimate of drug-likeness (QED) is 0.772. The Kier molecular flexibility index (Phi) is 2.82. The van der Waals surface area contributed by atoms with Crippen molar-refractivity contribution >= 4 is 0 Å². The Morgan fingerprint density at radius 3 is 3.00 bits per heavy atom. The highest BCUT2D eigenvalue weighted by Gasteiger charge is 2.32. The molecule has 1 fully saturated rings. The summed E-state index contributed by atoms with van der Waals surface area (Å²) in [4.78, 5) is 4.38. The van der Waals surface area contributed by atoms with Gasteiger partial charge in [-0.2, -0.15) is 4.98 Å². The summed E-state index contributed by atoms with van der Waals surface area (Å²) >= 11 is 0. The van der Waals surface area contributed by atoms with Gasteiger partial charge in [0.2, 0.25) is 5.89 Å². The Labute approximate surface area is 83.9 Å². The zero-order chi connectivity index (χ0) is 9.97. The van der Waals surface area contributed by atoms with Crippen LogP contribution in [0.15, 0.2) is 4.52 Å². The highest BCUT2D eigenvalue weighted by Crippen LogP contribution is 2.41. The van der Waals surface area contributed by atoms with E-state index in [0.717, 1.165) is 30.5 Å². The molecule has 0 amide bonds. The highest BCUT2D eigenvalue weighted by atomic mass is 16.5. The Balaban J connectivity index is 1.94. The average Bonchev–Trinajstić information content (AvgIpc) is 2.94. The molecule has 1 unspecified atom stereocenters. The normalized spacial score (nSPS) is 18.4. The summed E-state index contributed by atoms with van der Waals surface area (Å²) < 4.78 is 5.22. The lowest BCUT2D eigenvalue weighted by atomic mass is 10.1. The number of aromatic nitrogens is 2. The van der Waals surface area contributed by atoms with Crippen LogP contribution in [0.5, 0.6) is 0 Å². The van der Waals surface area contributed by atoms with Gasteiger partial charge in [-0.15, -0.1) is 0 Å². The summed E-state index contributed by atoms with van der Waals surface area (Å²) in [5, 5.41) is 3.94. The molecule has 0 saturated heterocycles. The maximum atomic E-state index is 5.42. The zero-order valence-electron chi connectivity index (χ0n) is 8.57. The van der Waals surface area contributed by atoms with E-state index in [2.05, 4.69) is 17.1 Å². The summed E-state index contributed by atoms with van der Waals surface area (Å²) in [6, 6.07) is 0. The maximum absolute atomic E-state index is 5.42. The van der Waals surface area contributed by atoms with E-state index in [9.17, 15) is 0 Å². The molecule has 1 aromatic rings. The van der Waals surface area contributed by atoms with Crippen molar-refractivity contribution < 1.29 is 4.52 Å². The average molecular weight is 195 g/mol. The van der Waals surface area contributed by atoms with E-state index >= 15 is 0 Å². The van der Waals surface area contributed by atoms with Gasteiger partial charge in [-0.1, -0.05) is 12.1 Å². The largest absolute Gasteiger partial charge is 0.339 e. The molecule has 1 aliphatic rings. The van der Waals surface area contributed by atoms with Crippen LogP contribution in [0, 0.1) is 5.92 Å². The maximum Gasteiger partial charge on any atom is 0.229 e. The lowest BCUT2D eigenvalue weighted by Gasteiger charge is -2.00. The van der Waals surface area contributed by atoms with Gasteiger partial charge < -0.3 is 10.3 Å². The number of nitrogens with two attached hydrogens (primary N) is 1. The van der Waals surface area contributed by atoms with Gasteiger partial charge in [-0.25, -0.2) is 0 Å². The fourth-order valence-corrected chi connectivity index (χ4v) is 1.61. The van der Waals surface area contributed by atoms with Crippen molar-refractivity contribution in [1.29, 1.82) is 0 Å². The van der Waals surface area contributed by atoms with Crippen molar-refractivity contribution in [2.45, 2.75) is 38.5 Å². The minimum atomic E-state index is 0.439. The van der Waals surface area contributed by atoms with Crippen molar-refractivity contribution in [3.05, 3.63) is 11.7 Å². The Morgan fingerprint density at radius 1 is 1.57 bits per heavy atom. The number of hydrogen-bond donors (Lipinski definition) is 1. The molecule has 0 radical (unpaired) electrons. The molecule has 78 valence electrons. The molecule has 0 bridgehead atoms. The van der Waals surface area contributed by atoms with Gasteiger partial charge in [0.1, 0.15) is 0 Å². The first-order valence-electron chi connectivity index (χ1n) is 5.34. The molecular formula is C10H17N3O. The van der Waals surface area contributed by atoms with E-state index in [4.69, 9.17) is 10.3 Å². The SMILES string of the molecule is CC(c1nc(CCCN)no1)C1CC1. The lowest BCUT2D eigenvalue weighted by Crippen LogP contribution is -2.01. The summed E-state index contributed by atoms with van der Waals surface area (Å²) in [6.07, 6.45) is 4.37. The Hall–Kier alpha value is -0.900. The second-order valence-corrected chi connectivity index (χ2v) is 4.07. The molecular weight excluding hydrogens is 178 g/mol. The standard InChI is InChI=1S/C10H17N3O/c1-7(8-4-5-8)10-12-9(13-14-10)3-2-6-11/h7-8H,2-6,11H2,1H3. The van der Waals surface area contributed by atoms with Gasteiger partial charge in [-0.05, 0) is 31.7 Å². The lowest BCUT2D eigenvalue weighted by molar-refractivity contribution is 0.345. The van der Waals surface area contributed by atoms with Crippen molar-refractivity contribution in [2.75, 3.05) is 6.54 Å². The van der Waals surface area contributed by atoms with Crippen LogP contribution in [0.1, 0.15) is 43.8 Å². The van der Waals surface area contributed by atoms with E-state index in [1.54, 1.807) is 0 Å². The molecule has 0 aliphatic heterocycles. The van der Waals surface area contributed by atoms with E-state index in [-0.39, 0.29) is 0 Å². The molecule has 1 atom stereocenters. The molecule has 0 spiro atoms. The predicted molar refractivity (Wildman–Crippen MR) is 52.8 cm³/mol. The first-order valence-corrected chi connectivity index (χ1v) is 5.34. The van der Waals surface area contributed by atoms with Crippen molar-refractivity contribution in [3.63, 3.8) is 0 Å². The van der Waals surface area contributed by atoms with E-state index in [1.807, 2.05) is 0 Å². The second kappa shape index (κ2) is 4.09. The third kappa shape index (κ3) is 2.12. The third-order valence-corrected chi connectivity index (χ3v) is 2.81. The van der Waals surface area contributed by atoms with E-state index < -0.39 is 0 Å². The number of rotatable bonds is 5. The summed E-state index contributed by atoms with van der Waals surface area (Å²) in [6.45, 7) is 2.85. The van der Waals surface area contributed by atoms with Gasteiger partial charge in [0.15, 0.2) is 5.82 Å². The van der Waals surface area contributed by atoms with E-state index in [1.165, 1.54) is 12.8 Å². The smallest absolute Gasteiger partial charge is 0.229 e. The molecule has 0 aromatic carbocycles. The van der Waals surface area contributed by atoms with Crippen LogP contribution in [-0.4, -0.2) is 16.7 Å². The van der Waals surface area contributed by atoms with Crippen LogP contribution in [0.4, 0.5) is 0 Å². The Bertz CT molecular complexity index is 293. The molecule has 14 heavy (non-hydrogen) atoms. The first kappa shape index (κ1) is 9.65. The molecule has 1 aliphatic carbocycles. The van der Waals surface area contributed by atoms with Crippen LogP contribution >= 0.6 is 0 Å². The monoisotopic (exact) mass is 195 g/mol. The summed E-state index contributed by atoms with van der Waals surface area (Å²) in [7, 11) is 0. The first-order chi connectivity index (χ1) is 6.81. The predicted octanol–water partition coefficient (Wildman–Crippen LogP) is 1.47. The highest BCUT2D eigenvalue weighted by molar-refractivity contribution is 4.99. The van der Waals surface area contributed by atoms with Gasteiger partial charge in [0.25, 0.3) is 0 Å². The van der Waals surface area contributed by atoms with Crippen molar-refractivity contribution in [3.8, 4) is 0 Å². The molecule has 2 N–H and O–H groups in total. The second-order valence-electron chi connectivity index (χ2n) is 4.07. The molecule has 1 heterocycles. The number of nitrogens with zero attached hydrogens (tertiary/aromatic N) is 2. The summed E-state index contributed by atoms with van der Waals surface area (Å²) in [5.41, 5.74) is 5.42. The van der Waals surface area contributed by atoms with Crippen LogP contribution in [0.3, 0.4) is 0 Å². The van der Waals surface area contributed by atoms with Crippen molar-refractivity contribution in [1.82, 2.24) is 10.1 Å². The minimum absolute atomic E-state index is 0.439. The van der Waals surface area contributed by atoms with E-state index in [0.29, 0.717) is 12.5 Å². The molecule has 1 aromatic heterocycles. The summed E-state index contributed by atoms with van der Waals surface area (Å²) in [5.74, 6) is 2.82. The van der Waals surface area contributed by atoms with Gasteiger partial charge in [0.05, 0.1) is 0 Å². The van der Waals surface area contributed by atoms with Crippen LogP contribution in [-0.2, 0) is 6.42 Å². The van der Waals surface area contributed by atoms with Crippen LogP contribution in [0.2, 0.25) is 0 Å². The molecule has 4 nitrogen and oxygen atoms in total. The Morgan fingerprint density at radius 2 is 2.36 bits per heavy atom. The molecule has 2 rings (SSSR count). The van der Waals surface area contributed by atoms with Crippen LogP contribution < -0.4 is 5.73 Å². The van der Waals surface area contributed by atoms with Gasteiger partial charge in [0, 0.05) is 12.3 Å². The fourth-order valence-electron chi connectivity index (χ4n) is 1.61. The number of hydrogen-bond acceptors (Lipinski definition) is 4. The topological polar surface area (TPSA) is 64.9 Å². The van der Waals surface area contributed by atoms with Crippen LogP contribution in [0.25, 0.3) is 0 Å². The molecule has 4 heteroatoms. The van der Waals surface area contributed by atoms with Gasteiger partial charge in [-0.3, -0.25) is 0 Å². The fraction of sp³-hybridized carbons (Fsp3) is 0.800. The van der Waals surface area contributed by atoms with Crippen molar-refractivity contribution in [2.24, 2.45) is 11.7 Å². The third-order valence-electron chi connectivity index (χ3n) is 2.81.